The first-order valence-corrected chi connectivity index (χ1v) is 12.4. The van der Waals surface area contributed by atoms with Gasteiger partial charge in [-0.05, 0) is 49.2 Å². The highest BCUT2D eigenvalue weighted by Gasteiger charge is 2.23. The zero-order chi connectivity index (χ0) is 26.2. The van der Waals surface area contributed by atoms with Gasteiger partial charge in [0.1, 0.15) is 29.4 Å². The number of carbonyl (C=O) groups is 2. The normalized spacial score (nSPS) is 10.9. The summed E-state index contributed by atoms with van der Waals surface area (Å²) in [6.45, 7) is 3.72. The number of ether oxygens (including phenoxy) is 2. The van der Waals surface area contributed by atoms with Crippen molar-refractivity contribution in [3.05, 3.63) is 90.1 Å². The fraction of sp³-hybridized carbons (Fsp3) is 0.185. The number of para-hydroxylation sites is 1. The molecule has 3 rings (SSSR count). The molecular formula is C27H20Cl2N2O4S. The predicted octanol–water partition coefficient (Wildman–Crippen LogP) is 6.71. The number of esters is 1. The largest absolute Gasteiger partial charge is 0.488 e. The van der Waals surface area contributed by atoms with E-state index in [1.54, 1.807) is 56.3 Å². The molecule has 9 heteroatoms. The van der Waals surface area contributed by atoms with Crippen molar-refractivity contribution in [1.82, 2.24) is 0 Å². The van der Waals surface area contributed by atoms with Crippen LogP contribution in [-0.4, -0.2) is 18.4 Å². The van der Waals surface area contributed by atoms with E-state index in [-0.39, 0.29) is 35.6 Å². The number of halogens is 2. The molecule has 36 heavy (non-hydrogen) atoms. The van der Waals surface area contributed by atoms with Gasteiger partial charge in [0, 0.05) is 16.9 Å². The number of Topliss-reactive ketones (excluding diaryl/α,β-unsaturated/α-hetero) is 1. The smallest absolute Gasteiger partial charge is 0.348 e. The molecule has 0 fully saturated rings. The van der Waals surface area contributed by atoms with Crippen LogP contribution < -0.4 is 4.74 Å². The molecule has 0 N–H and O–H groups in total. The van der Waals surface area contributed by atoms with Crippen molar-refractivity contribution < 1.29 is 19.1 Å². The second-order valence-corrected chi connectivity index (χ2v) is 9.45. The molecular weight excluding hydrogens is 519 g/mol. The van der Waals surface area contributed by atoms with Crippen molar-refractivity contribution in [2.75, 3.05) is 6.61 Å². The summed E-state index contributed by atoms with van der Waals surface area (Å²) in [6, 6.07) is 16.2. The van der Waals surface area contributed by atoms with Gasteiger partial charge in [0.15, 0.2) is 5.78 Å². The molecule has 0 bridgehead atoms. The number of hydrogen-bond acceptors (Lipinski definition) is 7. The van der Waals surface area contributed by atoms with Crippen molar-refractivity contribution in [3.63, 3.8) is 0 Å². The molecule has 182 valence electrons. The van der Waals surface area contributed by atoms with E-state index in [9.17, 15) is 20.1 Å². The van der Waals surface area contributed by atoms with Crippen LogP contribution >= 0.6 is 34.5 Å². The molecule has 1 aromatic heterocycles. The number of ketones is 1. The topological polar surface area (TPSA) is 100 Å². The van der Waals surface area contributed by atoms with Crippen LogP contribution in [-0.2, 0) is 22.6 Å². The summed E-state index contributed by atoms with van der Waals surface area (Å²) < 4.78 is 10.9. The standard InChI is InChI=1S/C27H20Cl2N2O4S/c1-3-34-27(33)26-16(2)20(14-31)25(36-26)12-23(32)19(13-30)11-18-6-4-5-7-24(18)35-15-17-8-9-21(28)22(29)10-17/h4-11H,3,12,15H2,1-2H3/b19-11+. The molecule has 6 nitrogen and oxygen atoms in total. The highest BCUT2D eigenvalue weighted by Crippen LogP contribution is 2.30. The number of benzene rings is 2. The summed E-state index contributed by atoms with van der Waals surface area (Å²) in [5.41, 5.74) is 1.95. The van der Waals surface area contributed by atoms with Gasteiger partial charge in [-0.3, -0.25) is 4.79 Å². The third-order valence-electron chi connectivity index (χ3n) is 5.13. The Morgan fingerprint density at radius 2 is 1.86 bits per heavy atom. The summed E-state index contributed by atoms with van der Waals surface area (Å²) >= 11 is 13.1. The molecule has 0 saturated carbocycles. The van der Waals surface area contributed by atoms with Gasteiger partial charge in [0.25, 0.3) is 0 Å². The first-order valence-electron chi connectivity index (χ1n) is 10.8. The fourth-order valence-corrected chi connectivity index (χ4v) is 4.80. The van der Waals surface area contributed by atoms with Gasteiger partial charge >= 0.3 is 5.97 Å². The Balaban J connectivity index is 1.84. The van der Waals surface area contributed by atoms with Gasteiger partial charge in [-0.2, -0.15) is 10.5 Å². The molecule has 0 saturated heterocycles. The fourth-order valence-electron chi connectivity index (χ4n) is 3.33. The summed E-state index contributed by atoms with van der Waals surface area (Å²) in [5, 5.41) is 20.1. The van der Waals surface area contributed by atoms with Gasteiger partial charge in [0.2, 0.25) is 0 Å². The zero-order valence-electron chi connectivity index (χ0n) is 19.4. The second kappa shape index (κ2) is 12.4. The Bertz CT molecular complexity index is 1430. The number of carbonyl (C=O) groups excluding carboxylic acids is 2. The van der Waals surface area contributed by atoms with Crippen molar-refractivity contribution in [3.8, 4) is 17.9 Å². The lowest BCUT2D eigenvalue weighted by Crippen LogP contribution is -2.05. The van der Waals surface area contributed by atoms with Gasteiger partial charge in [-0.25, -0.2) is 4.79 Å². The Kier molecular flexibility index (Phi) is 9.27. The molecule has 0 radical (unpaired) electrons. The molecule has 0 spiro atoms. The van der Waals surface area contributed by atoms with Gasteiger partial charge in [-0.15, -0.1) is 11.3 Å². The minimum Gasteiger partial charge on any atom is -0.488 e. The maximum absolute atomic E-state index is 13.0. The second-order valence-electron chi connectivity index (χ2n) is 7.53. The Morgan fingerprint density at radius 1 is 1.11 bits per heavy atom. The number of rotatable bonds is 9. The van der Waals surface area contributed by atoms with Crippen LogP contribution in [0.25, 0.3) is 6.08 Å². The number of hydrogen-bond donors (Lipinski definition) is 0. The van der Waals surface area contributed by atoms with E-state index < -0.39 is 11.8 Å². The van der Waals surface area contributed by atoms with Crippen LogP contribution in [0.2, 0.25) is 10.0 Å². The van der Waals surface area contributed by atoms with E-state index >= 15 is 0 Å². The van der Waals surface area contributed by atoms with E-state index in [0.717, 1.165) is 16.9 Å². The van der Waals surface area contributed by atoms with E-state index in [2.05, 4.69) is 6.07 Å². The molecule has 3 aromatic rings. The lowest BCUT2D eigenvalue weighted by atomic mass is 10.0. The third kappa shape index (κ3) is 6.33. The van der Waals surface area contributed by atoms with Crippen LogP contribution in [0.4, 0.5) is 0 Å². The molecule has 0 unspecified atom stereocenters. The average Bonchev–Trinajstić information content (AvgIpc) is 3.18. The van der Waals surface area contributed by atoms with Crippen LogP contribution in [0, 0.1) is 29.6 Å². The van der Waals surface area contributed by atoms with Gasteiger partial charge < -0.3 is 9.47 Å². The summed E-state index contributed by atoms with van der Waals surface area (Å²) in [4.78, 5) is 25.9. The summed E-state index contributed by atoms with van der Waals surface area (Å²) in [7, 11) is 0. The predicted molar refractivity (Wildman–Crippen MR) is 139 cm³/mol. The molecule has 1 heterocycles. The first-order chi connectivity index (χ1) is 17.3. The number of allylic oxidation sites excluding steroid dienone is 1. The molecule has 0 atom stereocenters. The van der Waals surface area contributed by atoms with Crippen molar-refractivity contribution >= 4 is 52.4 Å². The quantitative estimate of drug-likeness (QED) is 0.170. The number of thiophene rings is 1. The first kappa shape index (κ1) is 27.0. The van der Waals surface area contributed by atoms with Gasteiger partial charge in [0.05, 0.1) is 27.8 Å². The van der Waals surface area contributed by atoms with E-state index in [1.165, 1.54) is 6.08 Å². The van der Waals surface area contributed by atoms with Gasteiger partial charge in [-0.1, -0.05) is 47.5 Å². The molecule has 0 aliphatic heterocycles. The minimum absolute atomic E-state index is 0.104. The monoisotopic (exact) mass is 538 g/mol. The van der Waals surface area contributed by atoms with Crippen molar-refractivity contribution in [1.29, 1.82) is 10.5 Å². The maximum Gasteiger partial charge on any atom is 0.348 e. The average molecular weight is 539 g/mol. The van der Waals surface area contributed by atoms with Crippen LogP contribution in [0.1, 0.15) is 43.7 Å². The molecule has 0 amide bonds. The highest BCUT2D eigenvalue weighted by molar-refractivity contribution is 7.14. The minimum atomic E-state index is -0.542. The Hall–Kier alpha value is -3.62. The third-order valence-corrected chi connectivity index (χ3v) is 7.14. The lowest BCUT2D eigenvalue weighted by molar-refractivity contribution is -0.114. The SMILES string of the molecule is CCOC(=O)c1sc(CC(=O)/C(C#N)=C/c2ccccc2OCc2ccc(Cl)c(Cl)c2)c(C#N)c1C. The van der Waals surface area contributed by atoms with Crippen LogP contribution in [0.5, 0.6) is 5.75 Å². The summed E-state index contributed by atoms with van der Waals surface area (Å²) in [5.74, 6) is -0.553. The van der Waals surface area contributed by atoms with Crippen molar-refractivity contribution in [2.24, 2.45) is 0 Å². The van der Waals surface area contributed by atoms with Crippen LogP contribution in [0.15, 0.2) is 48.0 Å². The zero-order valence-corrected chi connectivity index (χ0v) is 21.8. The van der Waals surface area contributed by atoms with Crippen molar-refractivity contribution in [2.45, 2.75) is 26.9 Å². The Labute approximate surface area is 222 Å². The van der Waals surface area contributed by atoms with E-state index in [1.807, 2.05) is 6.07 Å². The summed E-state index contributed by atoms with van der Waals surface area (Å²) in [6.07, 6.45) is 1.25. The highest BCUT2D eigenvalue weighted by atomic mass is 35.5. The maximum atomic E-state index is 13.0. The Morgan fingerprint density at radius 3 is 2.53 bits per heavy atom. The number of nitriles is 2. The molecule has 2 aromatic carbocycles. The lowest BCUT2D eigenvalue weighted by Gasteiger charge is -2.10. The van der Waals surface area contributed by atoms with E-state index in [0.29, 0.717) is 31.8 Å². The molecule has 0 aliphatic rings. The van der Waals surface area contributed by atoms with Crippen LogP contribution in [0.3, 0.4) is 0 Å². The molecule has 0 aliphatic carbocycles. The number of nitrogens with zero attached hydrogens (tertiary/aromatic N) is 2. The van der Waals surface area contributed by atoms with E-state index in [4.69, 9.17) is 32.7 Å².